The van der Waals surface area contributed by atoms with Gasteiger partial charge in [0.15, 0.2) is 0 Å². The van der Waals surface area contributed by atoms with Crippen molar-refractivity contribution >= 4 is 16.8 Å². The van der Waals surface area contributed by atoms with Crippen LogP contribution in [-0.4, -0.2) is 58.2 Å². The third-order valence-electron chi connectivity index (χ3n) is 8.06. The van der Waals surface area contributed by atoms with Crippen molar-refractivity contribution in [3.05, 3.63) is 88.2 Å². The summed E-state index contributed by atoms with van der Waals surface area (Å²) in [5.74, 6) is 0.437. The van der Waals surface area contributed by atoms with Crippen LogP contribution in [0.4, 0.5) is 0 Å². The Morgan fingerprint density at radius 2 is 1.98 bits per heavy atom. The first-order valence-corrected chi connectivity index (χ1v) is 14.2. The SMILES string of the molecule is COCCCn1c(C2CCCN(C(=O)CC(N)Cc3ccc(-c4cnc(=O)[nH]c4)cc3)C2)c(C)c2ccccc21. The van der Waals surface area contributed by atoms with Crippen LogP contribution >= 0.6 is 0 Å². The van der Waals surface area contributed by atoms with E-state index in [0.29, 0.717) is 18.8 Å². The number of methoxy groups -OCH3 is 1. The molecule has 1 aliphatic heterocycles. The van der Waals surface area contributed by atoms with Crippen LogP contribution < -0.4 is 11.4 Å². The normalized spacial score (nSPS) is 16.4. The third-order valence-corrected chi connectivity index (χ3v) is 8.06. The van der Waals surface area contributed by atoms with E-state index in [4.69, 9.17) is 10.5 Å². The lowest BCUT2D eigenvalue weighted by molar-refractivity contribution is -0.132. The van der Waals surface area contributed by atoms with Gasteiger partial charge in [0.25, 0.3) is 0 Å². The van der Waals surface area contributed by atoms with Crippen LogP contribution in [-0.2, 0) is 22.5 Å². The molecule has 2 atom stereocenters. The van der Waals surface area contributed by atoms with Crippen molar-refractivity contribution < 1.29 is 9.53 Å². The maximum Gasteiger partial charge on any atom is 0.344 e. The minimum atomic E-state index is -0.365. The van der Waals surface area contributed by atoms with Crippen molar-refractivity contribution in [2.45, 2.75) is 57.5 Å². The maximum absolute atomic E-state index is 13.4. The second kappa shape index (κ2) is 12.6. The molecular weight excluding hydrogens is 502 g/mol. The fourth-order valence-electron chi connectivity index (χ4n) is 6.12. The molecule has 2 aromatic heterocycles. The zero-order valence-corrected chi connectivity index (χ0v) is 23.4. The number of benzene rings is 2. The topological polar surface area (TPSA) is 106 Å². The van der Waals surface area contributed by atoms with Gasteiger partial charge in [-0.05, 0) is 55.4 Å². The smallest absolute Gasteiger partial charge is 0.344 e. The number of nitrogens with two attached hydrogens (primary N) is 1. The summed E-state index contributed by atoms with van der Waals surface area (Å²) in [6.07, 6.45) is 7.19. The Morgan fingerprint density at radius 3 is 2.73 bits per heavy atom. The molecule has 40 heavy (non-hydrogen) atoms. The zero-order valence-electron chi connectivity index (χ0n) is 23.4. The van der Waals surface area contributed by atoms with Crippen molar-refractivity contribution in [2.24, 2.45) is 5.73 Å². The van der Waals surface area contributed by atoms with Gasteiger partial charge in [0.2, 0.25) is 5.91 Å². The lowest BCUT2D eigenvalue weighted by atomic mass is 9.91. The van der Waals surface area contributed by atoms with Crippen LogP contribution in [0.5, 0.6) is 0 Å². The summed E-state index contributed by atoms with van der Waals surface area (Å²) in [6, 6.07) is 16.4. The quantitative estimate of drug-likeness (QED) is 0.290. The molecule has 1 saturated heterocycles. The predicted octanol–water partition coefficient (Wildman–Crippen LogP) is 4.40. The van der Waals surface area contributed by atoms with E-state index in [2.05, 4.69) is 45.7 Å². The Kier molecular flexibility index (Phi) is 8.77. The number of likely N-dealkylation sites (tertiary alicyclic amines) is 1. The number of fused-ring (bicyclic) bond motifs is 1. The van der Waals surface area contributed by atoms with E-state index in [-0.39, 0.29) is 17.6 Å². The number of H-pyrrole nitrogens is 1. The molecule has 0 spiro atoms. The standard InChI is InChI=1S/C32H39N5O3/c1-22-28-8-3-4-9-29(28)37(15-6-16-40-2)31(22)25-7-5-14-36(21-25)30(38)18-27(33)17-23-10-12-24(13-11-23)26-19-34-32(39)35-20-26/h3-4,8-13,19-20,25,27H,5-7,14-18,21,33H2,1-2H3,(H,34,35,39). The van der Waals surface area contributed by atoms with E-state index in [1.165, 1.54) is 22.2 Å². The fourth-order valence-corrected chi connectivity index (χ4v) is 6.12. The zero-order chi connectivity index (χ0) is 28.1. The summed E-state index contributed by atoms with van der Waals surface area (Å²) in [6.45, 7) is 5.37. The summed E-state index contributed by atoms with van der Waals surface area (Å²) >= 11 is 0. The number of piperidine rings is 1. The highest BCUT2D eigenvalue weighted by atomic mass is 16.5. The molecule has 3 N–H and O–H groups in total. The number of ether oxygens (including phenoxy) is 1. The van der Waals surface area contributed by atoms with E-state index in [1.54, 1.807) is 19.5 Å². The highest BCUT2D eigenvalue weighted by Crippen LogP contribution is 2.36. The molecule has 8 heteroatoms. The van der Waals surface area contributed by atoms with Gasteiger partial charge in [-0.25, -0.2) is 9.78 Å². The van der Waals surface area contributed by atoms with Crippen molar-refractivity contribution in [3.8, 4) is 11.1 Å². The van der Waals surface area contributed by atoms with E-state index < -0.39 is 0 Å². The van der Waals surface area contributed by atoms with Crippen LogP contribution in [0.25, 0.3) is 22.0 Å². The Hall–Kier alpha value is -3.75. The number of aromatic amines is 1. The molecule has 0 bridgehead atoms. The van der Waals surface area contributed by atoms with E-state index >= 15 is 0 Å². The Bertz CT molecular complexity index is 1490. The molecule has 1 fully saturated rings. The first-order chi connectivity index (χ1) is 19.4. The molecule has 1 aliphatic rings. The average Bonchev–Trinajstić information content (AvgIpc) is 3.25. The molecule has 4 aromatic rings. The second-order valence-corrected chi connectivity index (χ2v) is 10.9. The molecule has 5 rings (SSSR count). The summed E-state index contributed by atoms with van der Waals surface area (Å²) in [7, 11) is 1.75. The van der Waals surface area contributed by atoms with Gasteiger partial charge >= 0.3 is 5.69 Å². The van der Waals surface area contributed by atoms with Gasteiger partial charge in [-0.3, -0.25) is 4.79 Å². The largest absolute Gasteiger partial charge is 0.385 e. The van der Waals surface area contributed by atoms with Crippen molar-refractivity contribution in [1.29, 1.82) is 0 Å². The maximum atomic E-state index is 13.4. The predicted molar refractivity (Wildman–Crippen MR) is 158 cm³/mol. The molecule has 210 valence electrons. The average molecular weight is 542 g/mol. The molecule has 0 saturated carbocycles. The lowest BCUT2D eigenvalue weighted by Gasteiger charge is -2.34. The monoisotopic (exact) mass is 541 g/mol. The number of aryl methyl sites for hydroxylation is 2. The lowest BCUT2D eigenvalue weighted by Crippen LogP contribution is -2.42. The summed E-state index contributed by atoms with van der Waals surface area (Å²) < 4.78 is 7.79. The molecule has 0 aliphatic carbocycles. The molecule has 8 nitrogen and oxygen atoms in total. The van der Waals surface area contributed by atoms with Crippen LogP contribution in [0.1, 0.15) is 48.4 Å². The Balaban J connectivity index is 1.24. The number of nitrogens with zero attached hydrogens (tertiary/aromatic N) is 3. The number of amides is 1. The molecule has 1 amide bonds. The van der Waals surface area contributed by atoms with Crippen LogP contribution in [0.2, 0.25) is 0 Å². The van der Waals surface area contributed by atoms with Gasteiger partial charge in [-0.15, -0.1) is 0 Å². The number of nitrogens with one attached hydrogen (secondary N) is 1. The number of para-hydroxylation sites is 1. The van der Waals surface area contributed by atoms with E-state index in [9.17, 15) is 9.59 Å². The van der Waals surface area contributed by atoms with Crippen LogP contribution in [0.15, 0.2) is 65.7 Å². The van der Waals surface area contributed by atoms with Crippen molar-refractivity contribution in [2.75, 3.05) is 26.8 Å². The van der Waals surface area contributed by atoms with E-state index in [1.807, 2.05) is 29.2 Å². The van der Waals surface area contributed by atoms with Gasteiger partial charge in [0.05, 0.1) is 0 Å². The molecule has 2 unspecified atom stereocenters. The van der Waals surface area contributed by atoms with Gasteiger partial charge in [-0.1, -0.05) is 42.5 Å². The van der Waals surface area contributed by atoms with Crippen LogP contribution in [0.3, 0.4) is 0 Å². The number of hydrogen-bond donors (Lipinski definition) is 2. The van der Waals surface area contributed by atoms with Gasteiger partial charge in [-0.2, -0.15) is 0 Å². The number of carbonyl (C=O) groups is 1. The van der Waals surface area contributed by atoms with Gasteiger partial charge in [0, 0.05) is 86.3 Å². The minimum Gasteiger partial charge on any atom is -0.385 e. The Morgan fingerprint density at radius 1 is 1.18 bits per heavy atom. The number of carbonyl (C=O) groups excluding carboxylic acids is 1. The first-order valence-electron chi connectivity index (χ1n) is 14.2. The first kappa shape index (κ1) is 27.8. The summed E-state index contributed by atoms with van der Waals surface area (Å²) in [5, 5.41) is 1.29. The molecular formula is C32H39N5O3. The molecule has 2 aromatic carbocycles. The minimum absolute atomic E-state index is 0.132. The van der Waals surface area contributed by atoms with Crippen molar-refractivity contribution in [1.82, 2.24) is 19.4 Å². The van der Waals surface area contributed by atoms with Gasteiger partial charge in [0.1, 0.15) is 0 Å². The molecule has 3 heterocycles. The fraction of sp³-hybridized carbons (Fsp3) is 0.406. The second-order valence-electron chi connectivity index (χ2n) is 10.9. The van der Waals surface area contributed by atoms with Gasteiger partial charge < -0.3 is 24.9 Å². The summed E-state index contributed by atoms with van der Waals surface area (Å²) in [5.41, 5.74) is 12.9. The highest BCUT2D eigenvalue weighted by molar-refractivity contribution is 5.85. The van der Waals surface area contributed by atoms with Crippen LogP contribution in [0, 0.1) is 6.92 Å². The Labute approximate surface area is 235 Å². The molecule has 0 radical (unpaired) electrons. The highest BCUT2D eigenvalue weighted by Gasteiger charge is 2.29. The van der Waals surface area contributed by atoms with Crippen molar-refractivity contribution in [3.63, 3.8) is 0 Å². The number of aromatic nitrogens is 3. The number of rotatable bonds is 10. The van der Waals surface area contributed by atoms with E-state index in [0.717, 1.165) is 62.2 Å². The summed E-state index contributed by atoms with van der Waals surface area (Å²) in [4.78, 5) is 33.0. The number of hydrogen-bond acceptors (Lipinski definition) is 5. The third kappa shape index (κ3) is 6.18.